The van der Waals surface area contributed by atoms with Crippen LogP contribution in [-0.4, -0.2) is 26.8 Å². The fourth-order valence-corrected chi connectivity index (χ4v) is 2.88. The molecule has 2 N–H and O–H groups in total. The SMILES string of the molecule is O=C(NCc1c(C(=O)O)oc2ccccc12)c1ccn(-c2ccccc2)n1. The van der Waals surface area contributed by atoms with Gasteiger partial charge in [-0.25, -0.2) is 9.48 Å². The topological polar surface area (TPSA) is 97.4 Å². The summed E-state index contributed by atoms with van der Waals surface area (Å²) in [6.07, 6.45) is 1.69. The van der Waals surface area contributed by atoms with Crippen LogP contribution in [0.1, 0.15) is 26.6 Å². The molecular weight excluding hydrogens is 346 g/mol. The lowest BCUT2D eigenvalue weighted by Crippen LogP contribution is -2.24. The van der Waals surface area contributed by atoms with Gasteiger partial charge in [-0.05, 0) is 24.3 Å². The van der Waals surface area contributed by atoms with Crippen molar-refractivity contribution in [2.75, 3.05) is 0 Å². The van der Waals surface area contributed by atoms with Crippen LogP contribution in [0.4, 0.5) is 0 Å². The predicted octanol–water partition coefficient (Wildman–Crippen LogP) is 3.25. The van der Waals surface area contributed by atoms with Gasteiger partial charge in [0.25, 0.3) is 5.91 Å². The minimum absolute atomic E-state index is 0.0235. The number of aromatic nitrogens is 2. The molecule has 0 unspecified atom stereocenters. The van der Waals surface area contributed by atoms with E-state index in [1.54, 1.807) is 41.2 Å². The highest BCUT2D eigenvalue weighted by atomic mass is 16.4. The Kier molecular flexibility index (Phi) is 4.18. The Bertz CT molecular complexity index is 1130. The molecule has 27 heavy (non-hydrogen) atoms. The van der Waals surface area contributed by atoms with Crippen LogP contribution in [0.2, 0.25) is 0 Å². The van der Waals surface area contributed by atoms with E-state index >= 15 is 0 Å². The number of hydrogen-bond donors (Lipinski definition) is 2. The number of amides is 1. The van der Waals surface area contributed by atoms with E-state index in [0.717, 1.165) is 5.69 Å². The number of carboxylic acid groups (broad SMARTS) is 1. The number of para-hydroxylation sites is 2. The summed E-state index contributed by atoms with van der Waals surface area (Å²) in [6, 6.07) is 18.0. The molecule has 0 saturated heterocycles. The van der Waals surface area contributed by atoms with Crippen LogP contribution in [0.3, 0.4) is 0 Å². The van der Waals surface area contributed by atoms with Gasteiger partial charge >= 0.3 is 5.97 Å². The van der Waals surface area contributed by atoms with E-state index in [0.29, 0.717) is 16.5 Å². The fraction of sp³-hybridized carbons (Fsp3) is 0.0500. The molecule has 0 saturated carbocycles. The molecule has 2 heterocycles. The number of nitrogens with zero attached hydrogens (tertiary/aromatic N) is 2. The number of furan rings is 1. The van der Waals surface area contributed by atoms with Crippen LogP contribution < -0.4 is 5.32 Å². The van der Waals surface area contributed by atoms with Crippen molar-refractivity contribution >= 4 is 22.8 Å². The number of carbonyl (C=O) groups excluding carboxylic acids is 1. The number of aromatic carboxylic acids is 1. The Morgan fingerprint density at radius 3 is 2.56 bits per heavy atom. The summed E-state index contributed by atoms with van der Waals surface area (Å²) in [5.74, 6) is -1.75. The van der Waals surface area contributed by atoms with Crippen LogP contribution in [0.5, 0.6) is 0 Å². The molecule has 0 bridgehead atoms. The Morgan fingerprint density at radius 2 is 1.78 bits per heavy atom. The Balaban J connectivity index is 1.55. The molecule has 0 atom stereocenters. The lowest BCUT2D eigenvalue weighted by molar-refractivity contribution is 0.0662. The number of carbonyl (C=O) groups is 2. The van der Waals surface area contributed by atoms with Gasteiger partial charge in [0.05, 0.1) is 5.69 Å². The third kappa shape index (κ3) is 3.18. The second-order valence-corrected chi connectivity index (χ2v) is 5.87. The molecule has 0 aliphatic rings. The van der Waals surface area contributed by atoms with Crippen molar-refractivity contribution < 1.29 is 19.1 Å². The first-order valence-electron chi connectivity index (χ1n) is 8.26. The van der Waals surface area contributed by atoms with Crippen molar-refractivity contribution in [3.63, 3.8) is 0 Å². The molecule has 1 amide bonds. The average Bonchev–Trinajstić information content (AvgIpc) is 3.32. The van der Waals surface area contributed by atoms with Gasteiger partial charge in [0.15, 0.2) is 5.69 Å². The molecule has 0 aliphatic carbocycles. The predicted molar refractivity (Wildman–Crippen MR) is 97.9 cm³/mol. The summed E-state index contributed by atoms with van der Waals surface area (Å²) in [4.78, 5) is 23.9. The quantitative estimate of drug-likeness (QED) is 0.569. The van der Waals surface area contributed by atoms with Crippen molar-refractivity contribution in [1.82, 2.24) is 15.1 Å². The van der Waals surface area contributed by atoms with E-state index in [1.165, 1.54) is 0 Å². The van der Waals surface area contributed by atoms with Crippen molar-refractivity contribution in [3.05, 3.63) is 83.9 Å². The zero-order valence-corrected chi connectivity index (χ0v) is 14.1. The highest BCUT2D eigenvalue weighted by Crippen LogP contribution is 2.25. The lowest BCUT2D eigenvalue weighted by atomic mass is 10.1. The van der Waals surface area contributed by atoms with Gasteiger partial charge in [-0.1, -0.05) is 36.4 Å². The average molecular weight is 361 g/mol. The number of benzene rings is 2. The zero-order valence-electron chi connectivity index (χ0n) is 14.1. The maximum absolute atomic E-state index is 12.4. The van der Waals surface area contributed by atoms with E-state index in [4.69, 9.17) is 4.42 Å². The van der Waals surface area contributed by atoms with Gasteiger partial charge < -0.3 is 14.8 Å². The number of rotatable bonds is 5. The van der Waals surface area contributed by atoms with Crippen molar-refractivity contribution in [3.8, 4) is 5.69 Å². The van der Waals surface area contributed by atoms with E-state index in [1.807, 2.05) is 30.3 Å². The molecular formula is C20H15N3O4. The largest absolute Gasteiger partial charge is 0.475 e. The maximum Gasteiger partial charge on any atom is 0.372 e. The Morgan fingerprint density at radius 1 is 1.04 bits per heavy atom. The summed E-state index contributed by atoms with van der Waals surface area (Å²) in [5.41, 5.74) is 1.97. The maximum atomic E-state index is 12.4. The molecule has 0 spiro atoms. The first-order valence-corrected chi connectivity index (χ1v) is 8.26. The molecule has 7 nitrogen and oxygen atoms in total. The molecule has 2 aromatic carbocycles. The second-order valence-electron chi connectivity index (χ2n) is 5.87. The molecule has 134 valence electrons. The van der Waals surface area contributed by atoms with Crippen LogP contribution in [0, 0.1) is 0 Å². The van der Waals surface area contributed by atoms with Crippen LogP contribution in [-0.2, 0) is 6.54 Å². The van der Waals surface area contributed by atoms with Crippen molar-refractivity contribution in [2.24, 2.45) is 0 Å². The van der Waals surface area contributed by atoms with Crippen LogP contribution >= 0.6 is 0 Å². The van der Waals surface area contributed by atoms with E-state index < -0.39 is 11.9 Å². The molecule has 0 fully saturated rings. The van der Waals surface area contributed by atoms with Crippen LogP contribution in [0.15, 0.2) is 71.3 Å². The highest BCUT2D eigenvalue weighted by Gasteiger charge is 2.20. The third-order valence-electron chi connectivity index (χ3n) is 4.16. The standard InChI is InChI=1S/C20H15N3O4/c24-19(16-10-11-23(22-16)13-6-2-1-3-7-13)21-12-15-14-8-4-5-9-17(14)27-18(15)20(25)26/h1-11H,12H2,(H,21,24)(H,25,26). The molecule has 2 aromatic heterocycles. The van der Waals surface area contributed by atoms with Crippen LogP contribution in [0.25, 0.3) is 16.7 Å². The molecule has 4 aromatic rings. The van der Waals surface area contributed by atoms with Crippen molar-refractivity contribution in [1.29, 1.82) is 0 Å². The summed E-state index contributed by atoms with van der Waals surface area (Å²) in [6.45, 7) is 0.0235. The first-order chi connectivity index (χ1) is 13.1. The molecule has 7 heteroatoms. The smallest absolute Gasteiger partial charge is 0.372 e. The van der Waals surface area contributed by atoms with Gasteiger partial charge in [-0.15, -0.1) is 0 Å². The number of hydrogen-bond acceptors (Lipinski definition) is 4. The Hall–Kier alpha value is -3.87. The van der Waals surface area contributed by atoms with E-state index in [9.17, 15) is 14.7 Å². The summed E-state index contributed by atoms with van der Waals surface area (Å²) < 4.78 is 6.99. The Labute approximate surface area is 153 Å². The normalized spacial score (nSPS) is 10.8. The summed E-state index contributed by atoms with van der Waals surface area (Å²) >= 11 is 0. The number of carboxylic acids is 1. The summed E-state index contributed by atoms with van der Waals surface area (Å²) in [5, 5.41) is 17.0. The summed E-state index contributed by atoms with van der Waals surface area (Å²) in [7, 11) is 0. The van der Waals surface area contributed by atoms with E-state index in [-0.39, 0.29) is 18.0 Å². The van der Waals surface area contributed by atoms with Gasteiger partial charge in [-0.3, -0.25) is 4.79 Å². The number of fused-ring (bicyclic) bond motifs is 1. The second kappa shape index (κ2) is 6.80. The minimum Gasteiger partial charge on any atom is -0.475 e. The zero-order chi connectivity index (χ0) is 18.8. The molecule has 0 radical (unpaired) electrons. The monoisotopic (exact) mass is 361 g/mol. The van der Waals surface area contributed by atoms with Crippen molar-refractivity contribution in [2.45, 2.75) is 6.54 Å². The third-order valence-corrected chi connectivity index (χ3v) is 4.16. The van der Waals surface area contributed by atoms with Gasteiger partial charge in [0, 0.05) is 23.7 Å². The first kappa shape index (κ1) is 16.6. The highest BCUT2D eigenvalue weighted by molar-refractivity contribution is 5.96. The minimum atomic E-state index is -1.18. The lowest BCUT2D eigenvalue weighted by Gasteiger charge is -2.03. The van der Waals surface area contributed by atoms with E-state index in [2.05, 4.69) is 10.4 Å². The number of nitrogens with one attached hydrogen (secondary N) is 1. The van der Waals surface area contributed by atoms with Gasteiger partial charge in [0.1, 0.15) is 5.58 Å². The fourth-order valence-electron chi connectivity index (χ4n) is 2.88. The van der Waals surface area contributed by atoms with Gasteiger partial charge in [-0.2, -0.15) is 5.10 Å². The molecule has 4 rings (SSSR count). The van der Waals surface area contributed by atoms with Gasteiger partial charge in [0.2, 0.25) is 5.76 Å². The molecule has 0 aliphatic heterocycles.